The van der Waals surface area contributed by atoms with Crippen LogP contribution in [0.4, 0.5) is 5.82 Å². The number of aromatic nitrogens is 1. The van der Waals surface area contributed by atoms with Crippen LogP contribution in [0, 0.1) is 0 Å². The third-order valence-corrected chi connectivity index (χ3v) is 4.46. The number of hydrogen-bond donors (Lipinski definition) is 1. The summed E-state index contributed by atoms with van der Waals surface area (Å²) in [5, 5.41) is 3.83. The second kappa shape index (κ2) is 6.28. The van der Waals surface area contributed by atoms with Crippen LogP contribution in [0.25, 0.3) is 0 Å². The minimum absolute atomic E-state index is 0.0467. The van der Waals surface area contributed by atoms with Crippen molar-refractivity contribution in [2.75, 3.05) is 0 Å². The highest BCUT2D eigenvalue weighted by Gasteiger charge is 2.30. The molecule has 2 aromatic rings. The lowest BCUT2D eigenvalue weighted by Gasteiger charge is -2.06. The van der Waals surface area contributed by atoms with Crippen molar-refractivity contribution < 1.29 is 4.79 Å². The summed E-state index contributed by atoms with van der Waals surface area (Å²) in [5.74, 6) is 0.535. The third kappa shape index (κ3) is 3.43. The van der Waals surface area contributed by atoms with Gasteiger partial charge in [-0.2, -0.15) is 0 Å². The van der Waals surface area contributed by atoms with Gasteiger partial charge in [-0.15, -0.1) is 0 Å². The summed E-state index contributed by atoms with van der Waals surface area (Å²) in [6, 6.07) is 13.0. The maximum Gasteiger partial charge on any atom is 0.239 e. The zero-order valence-corrected chi connectivity index (χ0v) is 12.6. The number of hydrogen-bond acceptors (Lipinski definition) is 4. The van der Waals surface area contributed by atoms with Gasteiger partial charge in [0, 0.05) is 11.2 Å². The molecule has 4 nitrogen and oxygen atoms in total. The third-order valence-electron chi connectivity index (χ3n) is 3.00. The first-order valence-corrected chi connectivity index (χ1v) is 7.69. The molecule has 1 amide bonds. The Hall–Kier alpha value is -1.85. The van der Waals surface area contributed by atoms with Crippen molar-refractivity contribution in [2.24, 2.45) is 4.99 Å². The Kier molecular flexibility index (Phi) is 4.22. The fourth-order valence-electron chi connectivity index (χ4n) is 1.98. The smallest absolute Gasteiger partial charge is 0.239 e. The normalized spacial score (nSPS) is 19.8. The molecular formula is C15H12ClN3OS. The van der Waals surface area contributed by atoms with E-state index in [0.717, 1.165) is 5.56 Å². The molecule has 1 aliphatic rings. The minimum Gasteiger partial charge on any atom is -0.304 e. The number of carbonyl (C=O) groups excluding carboxylic acids is 1. The van der Waals surface area contributed by atoms with Crippen molar-refractivity contribution in [3.05, 3.63) is 59.2 Å². The first-order chi connectivity index (χ1) is 10.2. The number of carbonyl (C=O) groups is 1. The lowest BCUT2D eigenvalue weighted by atomic mass is 10.1. The number of thioether (sulfide) groups is 1. The second-order valence-electron chi connectivity index (χ2n) is 4.50. The monoisotopic (exact) mass is 317 g/mol. The Morgan fingerprint density at radius 2 is 2.05 bits per heavy atom. The fourth-order valence-corrected chi connectivity index (χ4v) is 3.20. The van der Waals surface area contributed by atoms with Gasteiger partial charge in [0.25, 0.3) is 0 Å². The molecule has 1 fully saturated rings. The first-order valence-electron chi connectivity index (χ1n) is 6.43. The number of rotatable bonds is 3. The Morgan fingerprint density at radius 3 is 2.81 bits per heavy atom. The van der Waals surface area contributed by atoms with Crippen molar-refractivity contribution in [2.45, 2.75) is 11.7 Å². The maximum atomic E-state index is 12.0. The molecule has 1 aliphatic heterocycles. The van der Waals surface area contributed by atoms with Crippen LogP contribution in [-0.4, -0.2) is 21.3 Å². The number of aliphatic imine (C=N–C) groups is 1. The number of benzene rings is 1. The fraction of sp³-hybridized carbons (Fsp3) is 0.133. The van der Waals surface area contributed by atoms with E-state index < -0.39 is 0 Å². The van der Waals surface area contributed by atoms with Crippen LogP contribution in [0.2, 0.25) is 5.02 Å². The van der Waals surface area contributed by atoms with E-state index >= 15 is 0 Å². The van der Waals surface area contributed by atoms with Crippen molar-refractivity contribution in [1.82, 2.24) is 10.3 Å². The highest BCUT2D eigenvalue weighted by atomic mass is 35.5. The predicted octanol–water partition coefficient (Wildman–Crippen LogP) is 3.20. The molecule has 1 aromatic carbocycles. The minimum atomic E-state index is -0.215. The predicted molar refractivity (Wildman–Crippen MR) is 86.0 cm³/mol. The van der Waals surface area contributed by atoms with Gasteiger partial charge in [-0.05, 0) is 30.2 Å². The van der Waals surface area contributed by atoms with E-state index in [4.69, 9.17) is 11.6 Å². The highest BCUT2D eigenvalue weighted by Crippen LogP contribution is 2.27. The lowest BCUT2D eigenvalue weighted by Crippen LogP contribution is -2.26. The zero-order valence-electron chi connectivity index (χ0n) is 11.0. The molecule has 1 N–H and O–H groups in total. The van der Waals surface area contributed by atoms with Gasteiger partial charge in [-0.1, -0.05) is 47.6 Å². The largest absolute Gasteiger partial charge is 0.304 e. The summed E-state index contributed by atoms with van der Waals surface area (Å²) in [7, 11) is 0. The molecule has 6 heteroatoms. The van der Waals surface area contributed by atoms with Gasteiger partial charge in [0.2, 0.25) is 5.91 Å². The Balaban J connectivity index is 1.74. The summed E-state index contributed by atoms with van der Waals surface area (Å²) in [6.07, 6.45) is 2.25. The van der Waals surface area contributed by atoms with Gasteiger partial charge in [0.1, 0.15) is 0 Å². The SMILES string of the molecule is O=C1N/C(=N\c2ccccn2)S[C@H]1Cc1ccccc1Cl. The second-order valence-corrected chi connectivity index (χ2v) is 6.09. The van der Waals surface area contributed by atoms with Gasteiger partial charge in [0.15, 0.2) is 11.0 Å². The quantitative estimate of drug-likeness (QED) is 0.946. The van der Waals surface area contributed by atoms with Crippen molar-refractivity contribution in [1.29, 1.82) is 0 Å². The molecule has 21 heavy (non-hydrogen) atoms. The van der Waals surface area contributed by atoms with Gasteiger partial charge < -0.3 is 5.32 Å². The van der Waals surface area contributed by atoms with E-state index in [1.807, 2.05) is 36.4 Å². The Morgan fingerprint density at radius 1 is 1.24 bits per heavy atom. The molecule has 0 bridgehead atoms. The summed E-state index contributed by atoms with van der Waals surface area (Å²) in [4.78, 5) is 20.5. The van der Waals surface area contributed by atoms with E-state index in [-0.39, 0.29) is 11.2 Å². The number of nitrogens with one attached hydrogen (secondary N) is 1. The van der Waals surface area contributed by atoms with Crippen LogP contribution in [0.15, 0.2) is 53.7 Å². The summed E-state index contributed by atoms with van der Waals surface area (Å²) in [6.45, 7) is 0. The molecule has 106 valence electrons. The molecule has 2 heterocycles. The van der Waals surface area contributed by atoms with E-state index in [0.29, 0.717) is 22.4 Å². The summed E-state index contributed by atoms with van der Waals surface area (Å²) < 4.78 is 0. The molecule has 1 aromatic heterocycles. The average Bonchev–Trinajstić information content (AvgIpc) is 2.82. The van der Waals surface area contributed by atoms with Crippen molar-refractivity contribution in [3.63, 3.8) is 0 Å². The standard InChI is InChI=1S/C15H12ClN3OS/c16-11-6-2-1-5-10(11)9-12-14(20)19-15(21-12)18-13-7-3-4-8-17-13/h1-8,12H,9H2,(H,17,18,19,20)/t12-/m0/s1. The molecule has 1 saturated heterocycles. The first kappa shape index (κ1) is 14.1. The van der Waals surface area contributed by atoms with Gasteiger partial charge in [-0.25, -0.2) is 9.98 Å². The van der Waals surface area contributed by atoms with Crippen LogP contribution in [0.1, 0.15) is 5.56 Å². The Labute approximate surface area is 131 Å². The van der Waals surface area contributed by atoms with Crippen LogP contribution in [-0.2, 0) is 11.2 Å². The number of pyridine rings is 1. The zero-order chi connectivity index (χ0) is 14.7. The molecule has 0 unspecified atom stereocenters. The van der Waals surface area contributed by atoms with Crippen molar-refractivity contribution >= 4 is 40.3 Å². The van der Waals surface area contributed by atoms with E-state index in [2.05, 4.69) is 15.3 Å². The topological polar surface area (TPSA) is 54.4 Å². The number of amides is 1. The van der Waals surface area contributed by atoms with E-state index in [9.17, 15) is 4.79 Å². The number of halogens is 1. The number of nitrogens with zero attached hydrogens (tertiary/aromatic N) is 2. The molecule has 3 rings (SSSR count). The summed E-state index contributed by atoms with van der Waals surface area (Å²) >= 11 is 7.54. The highest BCUT2D eigenvalue weighted by molar-refractivity contribution is 8.15. The lowest BCUT2D eigenvalue weighted by molar-refractivity contribution is -0.118. The van der Waals surface area contributed by atoms with E-state index in [1.54, 1.807) is 12.3 Å². The Bertz CT molecular complexity index is 690. The molecule has 0 aliphatic carbocycles. The van der Waals surface area contributed by atoms with Crippen LogP contribution in [0.3, 0.4) is 0 Å². The number of amidine groups is 1. The van der Waals surface area contributed by atoms with Crippen molar-refractivity contribution in [3.8, 4) is 0 Å². The van der Waals surface area contributed by atoms with Crippen LogP contribution >= 0.6 is 23.4 Å². The van der Waals surface area contributed by atoms with Gasteiger partial charge in [-0.3, -0.25) is 4.79 Å². The maximum absolute atomic E-state index is 12.0. The molecule has 0 spiro atoms. The van der Waals surface area contributed by atoms with Gasteiger partial charge in [0.05, 0.1) is 5.25 Å². The molecule has 1 atom stereocenters. The summed E-state index contributed by atoms with van der Waals surface area (Å²) in [5.41, 5.74) is 0.964. The average molecular weight is 318 g/mol. The van der Waals surface area contributed by atoms with Crippen LogP contribution < -0.4 is 5.32 Å². The molecule has 0 saturated carbocycles. The van der Waals surface area contributed by atoms with Crippen LogP contribution in [0.5, 0.6) is 0 Å². The molecule has 0 radical (unpaired) electrons. The van der Waals surface area contributed by atoms with E-state index in [1.165, 1.54) is 11.8 Å². The molecular weight excluding hydrogens is 306 g/mol. The van der Waals surface area contributed by atoms with Gasteiger partial charge >= 0.3 is 0 Å².